The average molecular weight is 367 g/mol. The first kappa shape index (κ1) is 17.0. The zero-order valence-corrected chi connectivity index (χ0v) is 15.5. The molecule has 0 unspecified atom stereocenters. The average Bonchev–Trinajstić information content (AvgIpc) is 3.03. The van der Waals surface area contributed by atoms with Crippen LogP contribution in [-0.2, 0) is 22.4 Å². The molecular weight excluding hydrogens is 346 g/mol. The van der Waals surface area contributed by atoms with E-state index in [1.807, 2.05) is 30.3 Å². The Labute approximate surface area is 156 Å². The largest absolute Gasteiger partial charge is 0.311 e. The van der Waals surface area contributed by atoms with Gasteiger partial charge < -0.3 is 10.2 Å². The SMILES string of the molecule is CC(=O)N1C=Cc2ccccc2[C@@H]1CC(=O)Nc1nc2c(s1)CCCC2. The van der Waals surface area contributed by atoms with Crippen molar-refractivity contribution in [2.45, 2.75) is 45.1 Å². The summed E-state index contributed by atoms with van der Waals surface area (Å²) in [4.78, 5) is 32.2. The zero-order valence-electron chi connectivity index (χ0n) is 14.7. The number of carbonyl (C=O) groups excluding carboxylic acids is 2. The second-order valence-electron chi connectivity index (χ2n) is 6.74. The molecule has 1 aliphatic heterocycles. The van der Waals surface area contributed by atoms with Crippen molar-refractivity contribution in [1.82, 2.24) is 9.88 Å². The molecule has 2 amide bonds. The maximum atomic E-state index is 12.7. The van der Waals surface area contributed by atoms with Gasteiger partial charge in [0.15, 0.2) is 5.13 Å². The van der Waals surface area contributed by atoms with Crippen molar-refractivity contribution in [2.24, 2.45) is 0 Å². The van der Waals surface area contributed by atoms with Crippen molar-refractivity contribution < 1.29 is 9.59 Å². The molecule has 0 radical (unpaired) electrons. The highest BCUT2D eigenvalue weighted by molar-refractivity contribution is 7.15. The van der Waals surface area contributed by atoms with Gasteiger partial charge in [0.1, 0.15) is 0 Å². The van der Waals surface area contributed by atoms with Crippen molar-refractivity contribution in [2.75, 3.05) is 5.32 Å². The third-order valence-corrected chi connectivity index (χ3v) is 6.01. The molecule has 0 spiro atoms. The minimum Gasteiger partial charge on any atom is -0.311 e. The summed E-state index contributed by atoms with van der Waals surface area (Å²) in [5.41, 5.74) is 3.18. The van der Waals surface area contributed by atoms with E-state index in [9.17, 15) is 9.59 Å². The molecule has 134 valence electrons. The van der Waals surface area contributed by atoms with Crippen LogP contribution in [0.15, 0.2) is 30.5 Å². The lowest BCUT2D eigenvalue weighted by molar-refractivity contribution is -0.129. The zero-order chi connectivity index (χ0) is 18.1. The maximum Gasteiger partial charge on any atom is 0.228 e. The number of rotatable bonds is 3. The van der Waals surface area contributed by atoms with Crippen LogP contribution in [0.5, 0.6) is 0 Å². The van der Waals surface area contributed by atoms with E-state index in [1.165, 1.54) is 24.6 Å². The van der Waals surface area contributed by atoms with Gasteiger partial charge in [-0.25, -0.2) is 4.98 Å². The van der Waals surface area contributed by atoms with Crippen molar-refractivity contribution in [1.29, 1.82) is 0 Å². The maximum absolute atomic E-state index is 12.7. The highest BCUT2D eigenvalue weighted by atomic mass is 32.1. The molecule has 1 atom stereocenters. The minimum atomic E-state index is -0.289. The predicted octanol–water partition coefficient (Wildman–Crippen LogP) is 3.92. The lowest BCUT2D eigenvalue weighted by Gasteiger charge is -2.32. The summed E-state index contributed by atoms with van der Waals surface area (Å²) in [6.45, 7) is 1.53. The van der Waals surface area contributed by atoms with Crippen LogP contribution in [0.3, 0.4) is 0 Å². The molecule has 4 rings (SSSR count). The fraction of sp³-hybridized carbons (Fsp3) is 0.350. The predicted molar refractivity (Wildman–Crippen MR) is 103 cm³/mol. The molecule has 26 heavy (non-hydrogen) atoms. The van der Waals surface area contributed by atoms with Crippen LogP contribution in [0.4, 0.5) is 5.13 Å². The summed E-state index contributed by atoms with van der Waals surface area (Å²) in [5, 5.41) is 3.62. The molecule has 1 aromatic heterocycles. The number of aromatic nitrogens is 1. The number of nitrogens with zero attached hydrogens (tertiary/aromatic N) is 2. The van der Waals surface area contributed by atoms with E-state index in [-0.39, 0.29) is 24.3 Å². The molecule has 1 aliphatic carbocycles. The first-order chi connectivity index (χ1) is 12.6. The number of benzene rings is 1. The number of anilines is 1. The normalized spacial score (nSPS) is 18.2. The quantitative estimate of drug-likeness (QED) is 0.894. The molecule has 0 bridgehead atoms. The van der Waals surface area contributed by atoms with Gasteiger partial charge in [-0.3, -0.25) is 9.59 Å². The monoisotopic (exact) mass is 367 g/mol. The van der Waals surface area contributed by atoms with Crippen molar-refractivity contribution in [3.05, 3.63) is 52.2 Å². The molecule has 2 heterocycles. The third-order valence-electron chi connectivity index (χ3n) is 4.94. The van der Waals surface area contributed by atoms with Gasteiger partial charge in [0.25, 0.3) is 0 Å². The van der Waals surface area contributed by atoms with Crippen LogP contribution < -0.4 is 5.32 Å². The van der Waals surface area contributed by atoms with Crippen LogP contribution in [0.1, 0.15) is 53.9 Å². The highest BCUT2D eigenvalue weighted by Crippen LogP contribution is 2.34. The van der Waals surface area contributed by atoms with Crippen molar-refractivity contribution in [3.8, 4) is 0 Å². The number of fused-ring (bicyclic) bond motifs is 2. The molecule has 2 aromatic rings. The van der Waals surface area contributed by atoms with Gasteiger partial charge >= 0.3 is 0 Å². The second kappa shape index (κ2) is 7.03. The van der Waals surface area contributed by atoms with Gasteiger partial charge in [0.05, 0.1) is 18.2 Å². The fourth-order valence-corrected chi connectivity index (χ4v) is 4.73. The van der Waals surface area contributed by atoms with Gasteiger partial charge in [-0.2, -0.15) is 0 Å². The Bertz CT molecular complexity index is 863. The lowest BCUT2D eigenvalue weighted by atomic mass is 9.93. The molecule has 6 heteroatoms. The molecular formula is C20H21N3O2S. The topological polar surface area (TPSA) is 62.3 Å². The summed E-state index contributed by atoms with van der Waals surface area (Å²) in [6, 6.07) is 7.60. The summed E-state index contributed by atoms with van der Waals surface area (Å²) < 4.78 is 0. The number of amides is 2. The standard InChI is InChI=1S/C20H21N3O2S/c1-13(24)23-11-10-14-6-2-3-7-15(14)17(23)12-19(25)22-20-21-16-8-4-5-9-18(16)26-20/h2-3,6-7,10-11,17H,4-5,8-9,12H2,1H3,(H,21,22,25)/t17-/m0/s1. The fourth-order valence-electron chi connectivity index (χ4n) is 3.66. The summed E-state index contributed by atoms with van der Waals surface area (Å²) in [6.07, 6.45) is 8.32. The van der Waals surface area contributed by atoms with E-state index in [0.29, 0.717) is 5.13 Å². The number of hydrogen-bond donors (Lipinski definition) is 1. The number of nitrogens with one attached hydrogen (secondary N) is 1. The van der Waals surface area contributed by atoms with Gasteiger partial charge in [-0.1, -0.05) is 24.3 Å². The molecule has 0 saturated carbocycles. The molecule has 2 aliphatic rings. The Morgan fingerprint density at radius 1 is 1.27 bits per heavy atom. The summed E-state index contributed by atoms with van der Waals surface area (Å²) in [7, 11) is 0. The number of thiazole rings is 1. The molecule has 0 fully saturated rings. The third kappa shape index (κ3) is 3.29. The smallest absolute Gasteiger partial charge is 0.228 e. The Balaban J connectivity index is 1.52. The highest BCUT2D eigenvalue weighted by Gasteiger charge is 2.28. The van der Waals surface area contributed by atoms with Crippen molar-refractivity contribution in [3.63, 3.8) is 0 Å². The summed E-state index contributed by atoms with van der Waals surface area (Å²) >= 11 is 1.58. The first-order valence-electron chi connectivity index (χ1n) is 8.96. The van der Waals surface area contributed by atoms with Crippen molar-refractivity contribution >= 4 is 34.4 Å². The van der Waals surface area contributed by atoms with Crippen LogP contribution in [-0.4, -0.2) is 21.7 Å². The Morgan fingerprint density at radius 3 is 2.88 bits per heavy atom. The Morgan fingerprint density at radius 2 is 2.08 bits per heavy atom. The van der Waals surface area contributed by atoms with E-state index < -0.39 is 0 Å². The van der Waals surface area contributed by atoms with E-state index >= 15 is 0 Å². The first-order valence-corrected chi connectivity index (χ1v) is 9.78. The Hall–Kier alpha value is -2.47. The molecule has 1 aromatic carbocycles. The second-order valence-corrected chi connectivity index (χ2v) is 7.82. The molecule has 1 N–H and O–H groups in total. The van der Waals surface area contributed by atoms with Gasteiger partial charge in [-0.15, -0.1) is 11.3 Å². The van der Waals surface area contributed by atoms with E-state index in [4.69, 9.17) is 0 Å². The summed E-state index contributed by atoms with van der Waals surface area (Å²) in [5.74, 6) is -0.185. The van der Waals surface area contributed by atoms with Crippen LogP contribution in [0.25, 0.3) is 6.08 Å². The van der Waals surface area contributed by atoms with Gasteiger partial charge in [-0.05, 0) is 42.9 Å². The van der Waals surface area contributed by atoms with Crippen LogP contribution in [0, 0.1) is 0 Å². The number of carbonyl (C=O) groups is 2. The molecule has 5 nitrogen and oxygen atoms in total. The van der Waals surface area contributed by atoms with Crippen LogP contribution in [0.2, 0.25) is 0 Å². The van der Waals surface area contributed by atoms with Gasteiger partial charge in [0.2, 0.25) is 11.8 Å². The van der Waals surface area contributed by atoms with Gasteiger partial charge in [0, 0.05) is 18.0 Å². The Kier molecular flexibility index (Phi) is 4.59. The van der Waals surface area contributed by atoms with Crippen LogP contribution >= 0.6 is 11.3 Å². The van der Waals surface area contributed by atoms with E-state index in [0.717, 1.165) is 29.7 Å². The lowest BCUT2D eigenvalue weighted by Crippen LogP contribution is -2.33. The number of hydrogen-bond acceptors (Lipinski definition) is 4. The minimum absolute atomic E-state index is 0.0711. The number of aryl methyl sites for hydroxylation is 2. The molecule has 0 saturated heterocycles. The van der Waals surface area contributed by atoms with E-state index in [1.54, 1.807) is 22.4 Å². The van der Waals surface area contributed by atoms with E-state index in [2.05, 4.69) is 10.3 Å².